The van der Waals surface area contributed by atoms with E-state index in [-0.39, 0.29) is 11.4 Å². The van der Waals surface area contributed by atoms with E-state index in [0.717, 1.165) is 14.3 Å². The van der Waals surface area contributed by atoms with E-state index in [1.165, 1.54) is 19.2 Å². The predicted molar refractivity (Wildman–Crippen MR) is 67.9 cm³/mol. The van der Waals surface area contributed by atoms with Crippen molar-refractivity contribution < 1.29 is 13.2 Å². The second kappa shape index (κ2) is 5.16. The maximum Gasteiger partial charge on any atom is 0.243 e. The summed E-state index contributed by atoms with van der Waals surface area (Å²) in [7, 11) is -2.34. The molecule has 1 aromatic carbocycles. The molecule has 1 amide bonds. The summed E-state index contributed by atoms with van der Waals surface area (Å²) in [5.74, 6) is -0.690. The minimum atomic E-state index is -3.66. The third-order valence-corrected chi connectivity index (χ3v) is 4.91. The molecule has 0 aliphatic heterocycles. The van der Waals surface area contributed by atoms with E-state index >= 15 is 0 Å². The fourth-order valence-electron chi connectivity index (χ4n) is 1.26. The molecule has 0 spiro atoms. The molecule has 0 aromatic heterocycles. The van der Waals surface area contributed by atoms with Crippen LogP contribution in [0.2, 0.25) is 0 Å². The van der Waals surface area contributed by atoms with Crippen molar-refractivity contribution in [1.82, 2.24) is 4.31 Å². The lowest BCUT2D eigenvalue weighted by molar-refractivity contribution is -0.118. The zero-order chi connectivity index (χ0) is 13.2. The molecular weight excluding hydrogens is 308 g/mol. The van der Waals surface area contributed by atoms with Crippen molar-refractivity contribution in [2.45, 2.75) is 11.8 Å². The molecule has 7 heteroatoms. The third kappa shape index (κ3) is 3.27. The highest BCUT2D eigenvalue weighted by atomic mass is 79.9. The topological polar surface area (TPSA) is 80.5 Å². The van der Waals surface area contributed by atoms with Crippen molar-refractivity contribution in [2.24, 2.45) is 5.73 Å². The van der Waals surface area contributed by atoms with Crippen LogP contribution < -0.4 is 5.73 Å². The van der Waals surface area contributed by atoms with Gasteiger partial charge >= 0.3 is 0 Å². The summed E-state index contributed by atoms with van der Waals surface area (Å²) in [5.41, 5.74) is 5.77. The minimum Gasteiger partial charge on any atom is -0.369 e. The second-order valence-electron chi connectivity index (χ2n) is 3.64. The Hall–Kier alpha value is -0.920. The Balaban J connectivity index is 3.13. The maximum atomic E-state index is 12.0. The van der Waals surface area contributed by atoms with E-state index in [0.29, 0.717) is 0 Å². The van der Waals surface area contributed by atoms with Crippen LogP contribution in [-0.4, -0.2) is 32.2 Å². The van der Waals surface area contributed by atoms with E-state index in [1.54, 1.807) is 13.0 Å². The Labute approximate surface area is 109 Å². The fourth-order valence-corrected chi connectivity index (χ4v) is 2.73. The molecular formula is C10H13BrN2O3S. The number of nitrogens with two attached hydrogens (primary N) is 1. The molecule has 94 valence electrons. The van der Waals surface area contributed by atoms with Gasteiger partial charge in [-0.05, 0) is 30.7 Å². The van der Waals surface area contributed by atoms with Crippen LogP contribution in [0.4, 0.5) is 0 Å². The highest BCUT2D eigenvalue weighted by Gasteiger charge is 2.22. The number of halogens is 1. The van der Waals surface area contributed by atoms with Gasteiger partial charge in [0.1, 0.15) is 0 Å². The average molecular weight is 321 g/mol. The molecule has 0 heterocycles. The number of carbonyl (C=O) groups excluding carboxylic acids is 1. The summed E-state index contributed by atoms with van der Waals surface area (Å²) >= 11 is 3.29. The number of primary amides is 1. The Morgan fingerprint density at radius 3 is 2.53 bits per heavy atom. The second-order valence-corrected chi connectivity index (χ2v) is 6.54. The Kier molecular flexibility index (Phi) is 4.29. The summed E-state index contributed by atoms with van der Waals surface area (Å²) in [6, 6.07) is 4.67. The highest BCUT2D eigenvalue weighted by molar-refractivity contribution is 9.10. The summed E-state index contributed by atoms with van der Waals surface area (Å²) in [4.78, 5) is 10.9. The monoisotopic (exact) mass is 320 g/mol. The van der Waals surface area contributed by atoms with E-state index in [4.69, 9.17) is 5.73 Å². The number of sulfonamides is 1. The van der Waals surface area contributed by atoms with Gasteiger partial charge < -0.3 is 5.73 Å². The smallest absolute Gasteiger partial charge is 0.243 e. The van der Waals surface area contributed by atoms with Gasteiger partial charge in [0.2, 0.25) is 15.9 Å². The molecule has 0 atom stereocenters. The molecule has 0 radical (unpaired) electrons. The molecule has 17 heavy (non-hydrogen) atoms. The third-order valence-electron chi connectivity index (χ3n) is 2.22. The van der Waals surface area contributed by atoms with Crippen LogP contribution in [0.25, 0.3) is 0 Å². The van der Waals surface area contributed by atoms with Gasteiger partial charge in [0.25, 0.3) is 0 Å². The molecule has 0 saturated carbocycles. The fraction of sp³-hybridized carbons (Fsp3) is 0.300. The van der Waals surface area contributed by atoms with Gasteiger partial charge in [0.15, 0.2) is 0 Å². The highest BCUT2D eigenvalue weighted by Crippen LogP contribution is 2.21. The number of hydrogen-bond acceptors (Lipinski definition) is 3. The van der Waals surface area contributed by atoms with Crippen molar-refractivity contribution in [3.8, 4) is 0 Å². The molecule has 0 unspecified atom stereocenters. The first-order valence-corrected chi connectivity index (χ1v) is 6.99. The summed E-state index contributed by atoms with van der Waals surface area (Å²) in [6.45, 7) is 1.45. The van der Waals surface area contributed by atoms with Crippen LogP contribution in [0.5, 0.6) is 0 Å². The Morgan fingerprint density at radius 2 is 2.06 bits per heavy atom. The van der Waals surface area contributed by atoms with Crippen molar-refractivity contribution in [3.05, 3.63) is 28.2 Å². The zero-order valence-electron chi connectivity index (χ0n) is 9.47. The lowest BCUT2D eigenvalue weighted by atomic mass is 10.2. The molecule has 1 rings (SSSR count). The standard InChI is InChI=1S/C10H13BrN2O3S/c1-7-5-8(3-4-9(7)11)17(15,16)13(2)6-10(12)14/h3-5H,6H2,1-2H3,(H2,12,14). The number of rotatable bonds is 4. The minimum absolute atomic E-state index is 0.141. The molecule has 0 aliphatic rings. The number of benzene rings is 1. The van der Waals surface area contributed by atoms with Crippen LogP contribution >= 0.6 is 15.9 Å². The summed E-state index contributed by atoms with van der Waals surface area (Å²) < 4.78 is 25.8. The van der Waals surface area contributed by atoms with Gasteiger partial charge in [-0.15, -0.1) is 0 Å². The van der Waals surface area contributed by atoms with Crippen molar-refractivity contribution in [3.63, 3.8) is 0 Å². The summed E-state index contributed by atoms with van der Waals surface area (Å²) in [5, 5.41) is 0. The first-order chi connectivity index (χ1) is 7.75. The molecule has 0 fully saturated rings. The van der Waals surface area contributed by atoms with Crippen LogP contribution in [0.1, 0.15) is 5.56 Å². The van der Waals surface area contributed by atoms with Gasteiger partial charge in [-0.2, -0.15) is 4.31 Å². The number of aryl methyl sites for hydroxylation is 1. The van der Waals surface area contributed by atoms with Crippen LogP contribution in [-0.2, 0) is 14.8 Å². The zero-order valence-corrected chi connectivity index (χ0v) is 11.9. The molecule has 0 aliphatic carbocycles. The van der Waals surface area contributed by atoms with Crippen LogP contribution in [0.3, 0.4) is 0 Å². The largest absolute Gasteiger partial charge is 0.369 e. The average Bonchev–Trinajstić information content (AvgIpc) is 2.20. The van der Waals surface area contributed by atoms with E-state index in [2.05, 4.69) is 15.9 Å². The Morgan fingerprint density at radius 1 is 1.47 bits per heavy atom. The van der Waals surface area contributed by atoms with Gasteiger partial charge in [-0.3, -0.25) is 4.79 Å². The SMILES string of the molecule is Cc1cc(S(=O)(=O)N(C)CC(N)=O)ccc1Br. The van der Waals surface area contributed by atoms with Crippen molar-refractivity contribution >= 4 is 31.9 Å². The van der Waals surface area contributed by atoms with E-state index in [9.17, 15) is 13.2 Å². The first-order valence-electron chi connectivity index (χ1n) is 4.76. The molecule has 0 bridgehead atoms. The number of amides is 1. The Bertz CT molecular complexity index is 542. The van der Waals surface area contributed by atoms with Gasteiger partial charge in [-0.1, -0.05) is 15.9 Å². The van der Waals surface area contributed by atoms with E-state index in [1.807, 2.05) is 0 Å². The van der Waals surface area contributed by atoms with Crippen molar-refractivity contribution in [1.29, 1.82) is 0 Å². The van der Waals surface area contributed by atoms with E-state index < -0.39 is 15.9 Å². The molecule has 2 N–H and O–H groups in total. The molecule has 0 saturated heterocycles. The molecule has 5 nitrogen and oxygen atoms in total. The lowest BCUT2D eigenvalue weighted by Gasteiger charge is -2.15. The van der Waals surface area contributed by atoms with Crippen LogP contribution in [0, 0.1) is 6.92 Å². The maximum absolute atomic E-state index is 12.0. The van der Waals surface area contributed by atoms with Crippen LogP contribution in [0.15, 0.2) is 27.6 Å². The van der Waals surface area contributed by atoms with Crippen molar-refractivity contribution in [2.75, 3.05) is 13.6 Å². The van der Waals surface area contributed by atoms with Gasteiger partial charge in [0.05, 0.1) is 11.4 Å². The quantitative estimate of drug-likeness (QED) is 0.893. The predicted octanol–water partition coefficient (Wildman–Crippen LogP) is 0.863. The summed E-state index contributed by atoms with van der Waals surface area (Å²) in [6.07, 6.45) is 0. The lowest BCUT2D eigenvalue weighted by Crippen LogP contribution is -2.35. The molecule has 1 aromatic rings. The number of hydrogen-bond donors (Lipinski definition) is 1. The number of nitrogens with zero attached hydrogens (tertiary/aromatic N) is 1. The normalized spacial score (nSPS) is 11.8. The number of carbonyl (C=O) groups is 1. The first kappa shape index (κ1) is 14.1. The number of likely N-dealkylation sites (N-methyl/N-ethyl adjacent to an activating group) is 1. The van der Waals surface area contributed by atoms with Gasteiger partial charge in [-0.25, -0.2) is 8.42 Å². The van der Waals surface area contributed by atoms with Gasteiger partial charge in [0, 0.05) is 11.5 Å².